The second kappa shape index (κ2) is 6.39. The second-order valence-corrected chi connectivity index (χ2v) is 4.93. The maximum atomic E-state index is 12.1. The Hall–Kier alpha value is -3.02. The van der Waals surface area contributed by atoms with E-state index in [2.05, 4.69) is 5.32 Å². The Morgan fingerprint density at radius 2 is 2.04 bits per heavy atom. The third kappa shape index (κ3) is 3.11. The van der Waals surface area contributed by atoms with Crippen LogP contribution >= 0.6 is 0 Å². The lowest BCUT2D eigenvalue weighted by atomic mass is 10.2. The van der Waals surface area contributed by atoms with Gasteiger partial charge in [0, 0.05) is 6.54 Å². The average Bonchev–Trinajstić information content (AvgIpc) is 2.91. The number of hydrogen-bond donors (Lipinski definition) is 1. The molecule has 1 N–H and O–H groups in total. The van der Waals surface area contributed by atoms with Gasteiger partial charge in [-0.15, -0.1) is 0 Å². The van der Waals surface area contributed by atoms with Crippen molar-refractivity contribution in [2.24, 2.45) is 0 Å². The van der Waals surface area contributed by atoms with Crippen molar-refractivity contribution < 1.29 is 14.1 Å². The molecule has 0 spiro atoms. The SMILES string of the molecule is CCOc1cccc(CNC(=O)n2oc3ccccc3c2=O)c1. The van der Waals surface area contributed by atoms with Crippen LogP contribution < -0.4 is 15.6 Å². The molecule has 0 fully saturated rings. The summed E-state index contributed by atoms with van der Waals surface area (Å²) in [4.78, 5) is 24.3. The number of carbonyl (C=O) groups is 1. The molecule has 3 rings (SSSR count). The summed E-state index contributed by atoms with van der Waals surface area (Å²) in [5.74, 6) is 0.736. The number of nitrogens with zero attached hydrogens (tertiary/aromatic N) is 1. The molecule has 6 heteroatoms. The lowest BCUT2D eigenvalue weighted by molar-refractivity contribution is 0.213. The largest absolute Gasteiger partial charge is 0.494 e. The van der Waals surface area contributed by atoms with Gasteiger partial charge < -0.3 is 14.6 Å². The summed E-state index contributed by atoms with van der Waals surface area (Å²) in [5.41, 5.74) is 0.778. The van der Waals surface area contributed by atoms with Gasteiger partial charge in [0.1, 0.15) is 5.75 Å². The summed E-state index contributed by atoms with van der Waals surface area (Å²) in [6.45, 7) is 2.75. The number of fused-ring (bicyclic) bond motifs is 1. The van der Waals surface area contributed by atoms with Gasteiger partial charge in [-0.1, -0.05) is 29.0 Å². The van der Waals surface area contributed by atoms with Gasteiger partial charge in [-0.3, -0.25) is 4.79 Å². The molecule has 0 saturated heterocycles. The van der Waals surface area contributed by atoms with Gasteiger partial charge in [0.25, 0.3) is 5.56 Å². The first-order valence-corrected chi connectivity index (χ1v) is 7.30. The van der Waals surface area contributed by atoms with E-state index in [-0.39, 0.29) is 6.54 Å². The predicted molar refractivity (Wildman–Crippen MR) is 85.7 cm³/mol. The highest BCUT2D eigenvalue weighted by Gasteiger charge is 2.14. The minimum atomic E-state index is -0.604. The van der Waals surface area contributed by atoms with Crippen LogP contribution in [0.1, 0.15) is 12.5 Å². The molecule has 0 radical (unpaired) electrons. The lowest BCUT2D eigenvalue weighted by Crippen LogP contribution is -2.33. The van der Waals surface area contributed by atoms with Gasteiger partial charge in [0.2, 0.25) is 0 Å². The lowest BCUT2D eigenvalue weighted by Gasteiger charge is -2.07. The zero-order valence-electron chi connectivity index (χ0n) is 12.6. The molecule has 6 nitrogen and oxygen atoms in total. The molecule has 2 aromatic carbocycles. The number of rotatable bonds is 4. The number of amides is 1. The first-order valence-electron chi connectivity index (χ1n) is 7.30. The van der Waals surface area contributed by atoms with Crippen molar-refractivity contribution in [1.29, 1.82) is 0 Å². The van der Waals surface area contributed by atoms with E-state index in [1.807, 2.05) is 31.2 Å². The normalized spacial score (nSPS) is 10.7. The number of benzene rings is 2. The fourth-order valence-corrected chi connectivity index (χ4v) is 2.27. The molecule has 1 aromatic heterocycles. The maximum absolute atomic E-state index is 12.1. The molecule has 118 valence electrons. The monoisotopic (exact) mass is 312 g/mol. The van der Waals surface area contributed by atoms with Crippen molar-refractivity contribution in [3.8, 4) is 5.75 Å². The minimum Gasteiger partial charge on any atom is -0.494 e. The smallest absolute Gasteiger partial charge is 0.358 e. The van der Waals surface area contributed by atoms with Crippen molar-refractivity contribution in [2.45, 2.75) is 13.5 Å². The Kier molecular flexibility index (Phi) is 4.14. The number of aromatic nitrogens is 1. The highest BCUT2D eigenvalue weighted by molar-refractivity contribution is 5.82. The van der Waals surface area contributed by atoms with Gasteiger partial charge in [-0.05, 0) is 36.8 Å². The maximum Gasteiger partial charge on any atom is 0.358 e. The van der Waals surface area contributed by atoms with E-state index in [1.54, 1.807) is 24.3 Å². The zero-order chi connectivity index (χ0) is 16.2. The summed E-state index contributed by atoms with van der Waals surface area (Å²) in [6.07, 6.45) is 0. The molecule has 0 aliphatic rings. The van der Waals surface area contributed by atoms with Crippen molar-refractivity contribution in [3.63, 3.8) is 0 Å². The Balaban J connectivity index is 1.75. The Bertz CT molecular complexity index is 895. The molecular weight excluding hydrogens is 296 g/mol. The van der Waals surface area contributed by atoms with Gasteiger partial charge in [0.05, 0.1) is 12.0 Å². The Labute approximate surface area is 132 Å². The second-order valence-electron chi connectivity index (χ2n) is 4.93. The number of carbonyl (C=O) groups excluding carboxylic acids is 1. The average molecular weight is 312 g/mol. The van der Waals surface area contributed by atoms with Crippen LogP contribution in [0.5, 0.6) is 5.75 Å². The van der Waals surface area contributed by atoms with Gasteiger partial charge in [0.15, 0.2) is 5.58 Å². The van der Waals surface area contributed by atoms with Gasteiger partial charge in [-0.2, -0.15) is 0 Å². The van der Waals surface area contributed by atoms with Gasteiger partial charge in [-0.25, -0.2) is 4.79 Å². The highest BCUT2D eigenvalue weighted by Crippen LogP contribution is 2.13. The van der Waals surface area contributed by atoms with Crippen LogP contribution in [-0.2, 0) is 6.54 Å². The highest BCUT2D eigenvalue weighted by atomic mass is 16.5. The third-order valence-electron chi connectivity index (χ3n) is 3.33. The summed E-state index contributed by atoms with van der Waals surface area (Å²) in [5, 5.41) is 3.04. The number of para-hydroxylation sites is 1. The topological polar surface area (TPSA) is 73.5 Å². The summed E-state index contributed by atoms with van der Waals surface area (Å²) in [6, 6.07) is 13.5. The molecule has 0 aliphatic carbocycles. The standard InChI is InChI=1S/C17H16N2O4/c1-2-22-13-7-5-6-12(10-13)11-18-17(21)19-16(20)14-8-3-4-9-15(14)23-19/h3-10H,2,11H2,1H3,(H,18,21). The van der Waals surface area contributed by atoms with Crippen LogP contribution in [0.15, 0.2) is 57.8 Å². The van der Waals surface area contributed by atoms with Crippen LogP contribution in [0.2, 0.25) is 0 Å². The molecule has 23 heavy (non-hydrogen) atoms. The zero-order valence-corrected chi connectivity index (χ0v) is 12.6. The number of nitrogens with one attached hydrogen (secondary N) is 1. The third-order valence-corrected chi connectivity index (χ3v) is 3.33. The first kappa shape index (κ1) is 14.9. The van der Waals surface area contributed by atoms with E-state index >= 15 is 0 Å². The molecule has 1 amide bonds. The van der Waals surface area contributed by atoms with E-state index < -0.39 is 11.6 Å². The van der Waals surface area contributed by atoms with Gasteiger partial charge >= 0.3 is 6.03 Å². The number of hydrogen-bond acceptors (Lipinski definition) is 4. The van der Waals surface area contributed by atoms with E-state index in [0.29, 0.717) is 17.6 Å². The van der Waals surface area contributed by atoms with Crippen molar-refractivity contribution >= 4 is 17.0 Å². The predicted octanol–water partition coefficient (Wildman–Crippen LogP) is 2.75. The molecule has 3 aromatic rings. The van der Waals surface area contributed by atoms with E-state index in [9.17, 15) is 9.59 Å². The van der Waals surface area contributed by atoms with Crippen LogP contribution in [0.4, 0.5) is 4.79 Å². The fourth-order valence-electron chi connectivity index (χ4n) is 2.27. The van der Waals surface area contributed by atoms with Crippen molar-refractivity contribution in [1.82, 2.24) is 10.1 Å². The van der Waals surface area contributed by atoms with E-state index in [1.165, 1.54) is 0 Å². The summed E-state index contributed by atoms with van der Waals surface area (Å²) in [7, 11) is 0. The van der Waals surface area contributed by atoms with E-state index in [0.717, 1.165) is 16.1 Å². The van der Waals surface area contributed by atoms with Crippen LogP contribution in [0.3, 0.4) is 0 Å². The summed E-state index contributed by atoms with van der Waals surface area (Å²) >= 11 is 0. The van der Waals surface area contributed by atoms with Crippen molar-refractivity contribution in [3.05, 3.63) is 64.4 Å². The van der Waals surface area contributed by atoms with Crippen LogP contribution in [-0.4, -0.2) is 17.4 Å². The molecule has 0 atom stereocenters. The fraction of sp³-hybridized carbons (Fsp3) is 0.176. The number of ether oxygens (including phenoxy) is 1. The molecule has 0 bridgehead atoms. The molecule has 0 saturated carbocycles. The summed E-state index contributed by atoms with van der Waals surface area (Å²) < 4.78 is 11.4. The molecule has 1 heterocycles. The van der Waals surface area contributed by atoms with Crippen molar-refractivity contribution in [2.75, 3.05) is 6.61 Å². The Morgan fingerprint density at radius 3 is 2.83 bits per heavy atom. The molecule has 0 aliphatic heterocycles. The quantitative estimate of drug-likeness (QED) is 0.804. The Morgan fingerprint density at radius 1 is 1.22 bits per heavy atom. The van der Waals surface area contributed by atoms with Crippen LogP contribution in [0.25, 0.3) is 11.0 Å². The first-order chi connectivity index (χ1) is 11.2. The van der Waals surface area contributed by atoms with Crippen LogP contribution in [0, 0.1) is 0 Å². The molecular formula is C17H16N2O4. The minimum absolute atomic E-state index is 0.267. The van der Waals surface area contributed by atoms with E-state index in [4.69, 9.17) is 9.26 Å². The molecule has 0 unspecified atom stereocenters.